The molecular formula is C9H8BrNO4. The molecule has 0 aliphatic carbocycles. The summed E-state index contributed by atoms with van der Waals surface area (Å²) in [6, 6.07) is 2.39. The molecular weight excluding hydrogens is 266 g/mol. The van der Waals surface area contributed by atoms with Gasteiger partial charge in [-0.15, -0.1) is 0 Å². The number of nitro groups is 1. The summed E-state index contributed by atoms with van der Waals surface area (Å²) < 4.78 is 0.455. The maximum Gasteiger partial charge on any atom is 0.336 e. The van der Waals surface area contributed by atoms with Gasteiger partial charge in [0.25, 0.3) is 5.69 Å². The van der Waals surface area contributed by atoms with Crippen LogP contribution in [0.4, 0.5) is 5.69 Å². The van der Waals surface area contributed by atoms with E-state index in [4.69, 9.17) is 5.11 Å². The first kappa shape index (κ1) is 11.6. The fourth-order valence-electron chi connectivity index (χ4n) is 1.28. The van der Waals surface area contributed by atoms with Crippen molar-refractivity contribution in [3.8, 4) is 0 Å². The monoisotopic (exact) mass is 273 g/mol. The molecule has 15 heavy (non-hydrogen) atoms. The Kier molecular flexibility index (Phi) is 3.41. The van der Waals surface area contributed by atoms with Crippen molar-refractivity contribution >= 4 is 27.6 Å². The van der Waals surface area contributed by atoms with Gasteiger partial charge in [0, 0.05) is 16.6 Å². The minimum Gasteiger partial charge on any atom is -0.478 e. The lowest BCUT2D eigenvalue weighted by Crippen LogP contribution is -2.04. The average molecular weight is 274 g/mol. The van der Waals surface area contributed by atoms with Crippen LogP contribution in [-0.4, -0.2) is 16.0 Å². The number of nitro benzene ring substituents is 1. The number of nitrogens with zero attached hydrogens (tertiary/aromatic N) is 1. The van der Waals surface area contributed by atoms with Gasteiger partial charge in [-0.05, 0) is 12.0 Å². The Bertz CT molecular complexity index is 430. The Labute approximate surface area is 94.0 Å². The molecule has 5 nitrogen and oxygen atoms in total. The van der Waals surface area contributed by atoms with E-state index in [-0.39, 0.29) is 11.3 Å². The van der Waals surface area contributed by atoms with Crippen molar-refractivity contribution in [2.45, 2.75) is 13.3 Å². The van der Waals surface area contributed by atoms with Crippen LogP contribution in [0.25, 0.3) is 0 Å². The van der Waals surface area contributed by atoms with Gasteiger partial charge in [0.1, 0.15) is 0 Å². The number of carboxylic acid groups (broad SMARTS) is 1. The quantitative estimate of drug-likeness (QED) is 0.678. The van der Waals surface area contributed by atoms with Crippen LogP contribution in [0.2, 0.25) is 0 Å². The molecule has 0 spiro atoms. The Morgan fingerprint density at radius 2 is 2.20 bits per heavy atom. The molecule has 0 aliphatic heterocycles. The Balaban J connectivity index is 3.45. The van der Waals surface area contributed by atoms with E-state index < -0.39 is 10.9 Å². The largest absolute Gasteiger partial charge is 0.478 e. The summed E-state index contributed by atoms with van der Waals surface area (Å²) in [5.41, 5.74) is 0.308. The molecule has 0 saturated carbocycles. The van der Waals surface area contributed by atoms with Crippen LogP contribution in [0.3, 0.4) is 0 Å². The third-order valence-corrected chi connectivity index (χ3v) is 2.68. The van der Waals surface area contributed by atoms with Gasteiger partial charge in [-0.25, -0.2) is 4.79 Å². The third kappa shape index (κ3) is 2.33. The molecule has 1 N–H and O–H groups in total. The van der Waals surface area contributed by atoms with E-state index in [1.54, 1.807) is 6.92 Å². The minimum atomic E-state index is -1.16. The predicted molar refractivity (Wildman–Crippen MR) is 57.1 cm³/mol. The summed E-state index contributed by atoms with van der Waals surface area (Å²) in [4.78, 5) is 20.8. The van der Waals surface area contributed by atoms with Gasteiger partial charge in [-0.2, -0.15) is 0 Å². The number of carbonyl (C=O) groups is 1. The van der Waals surface area contributed by atoms with E-state index >= 15 is 0 Å². The first-order valence-corrected chi connectivity index (χ1v) is 4.96. The molecule has 1 rings (SSSR count). The molecule has 0 aromatic heterocycles. The topological polar surface area (TPSA) is 80.4 Å². The lowest BCUT2D eigenvalue weighted by molar-refractivity contribution is -0.385. The second-order valence-corrected chi connectivity index (χ2v) is 3.72. The molecule has 0 amide bonds. The summed E-state index contributed by atoms with van der Waals surface area (Å²) in [5.74, 6) is -1.16. The van der Waals surface area contributed by atoms with Crippen LogP contribution < -0.4 is 0 Å². The van der Waals surface area contributed by atoms with Gasteiger partial charge in [0.05, 0.1) is 10.5 Å². The molecule has 6 heteroatoms. The number of carboxylic acids is 1. The molecule has 0 heterocycles. The number of hydrogen-bond donors (Lipinski definition) is 1. The smallest absolute Gasteiger partial charge is 0.336 e. The second-order valence-electron chi connectivity index (χ2n) is 2.87. The third-order valence-electron chi connectivity index (χ3n) is 1.98. The summed E-state index contributed by atoms with van der Waals surface area (Å²) in [6.07, 6.45) is 0.500. The lowest BCUT2D eigenvalue weighted by Gasteiger charge is -2.05. The van der Waals surface area contributed by atoms with Crippen molar-refractivity contribution in [3.63, 3.8) is 0 Å². The molecule has 80 valence electrons. The summed E-state index contributed by atoms with van der Waals surface area (Å²) in [6.45, 7) is 1.79. The average Bonchev–Trinajstić information content (AvgIpc) is 2.16. The summed E-state index contributed by atoms with van der Waals surface area (Å²) in [7, 11) is 0. The zero-order chi connectivity index (χ0) is 11.6. The number of aromatic carboxylic acids is 1. The molecule has 0 fully saturated rings. The fourth-order valence-corrected chi connectivity index (χ4v) is 2.01. The van der Waals surface area contributed by atoms with E-state index in [1.165, 1.54) is 6.07 Å². The Morgan fingerprint density at radius 3 is 2.60 bits per heavy atom. The minimum absolute atomic E-state index is 0.0291. The van der Waals surface area contributed by atoms with Crippen molar-refractivity contribution in [2.24, 2.45) is 0 Å². The van der Waals surface area contributed by atoms with E-state index in [9.17, 15) is 14.9 Å². The van der Waals surface area contributed by atoms with Crippen LogP contribution in [0, 0.1) is 10.1 Å². The normalized spacial score (nSPS) is 10.0. The van der Waals surface area contributed by atoms with Gasteiger partial charge in [-0.3, -0.25) is 10.1 Å². The molecule has 0 saturated heterocycles. The zero-order valence-corrected chi connectivity index (χ0v) is 9.44. The Hall–Kier alpha value is -1.43. The van der Waals surface area contributed by atoms with Gasteiger partial charge in [-0.1, -0.05) is 22.9 Å². The van der Waals surface area contributed by atoms with Gasteiger partial charge in [0.15, 0.2) is 0 Å². The number of hydrogen-bond acceptors (Lipinski definition) is 3. The predicted octanol–water partition coefficient (Wildman–Crippen LogP) is 2.62. The second kappa shape index (κ2) is 4.39. The van der Waals surface area contributed by atoms with Crippen LogP contribution in [0.5, 0.6) is 0 Å². The first-order chi connectivity index (χ1) is 6.97. The van der Waals surface area contributed by atoms with Crippen molar-refractivity contribution in [1.82, 2.24) is 0 Å². The van der Waals surface area contributed by atoms with E-state index in [2.05, 4.69) is 15.9 Å². The molecule has 0 radical (unpaired) electrons. The zero-order valence-electron chi connectivity index (χ0n) is 7.86. The van der Waals surface area contributed by atoms with Gasteiger partial charge in [0.2, 0.25) is 0 Å². The molecule has 0 aliphatic rings. The molecule has 0 atom stereocenters. The summed E-state index contributed by atoms with van der Waals surface area (Å²) >= 11 is 3.13. The molecule has 0 bridgehead atoms. The van der Waals surface area contributed by atoms with Crippen molar-refractivity contribution in [3.05, 3.63) is 37.8 Å². The van der Waals surface area contributed by atoms with E-state index in [1.807, 2.05) is 0 Å². The van der Waals surface area contributed by atoms with Crippen LogP contribution in [-0.2, 0) is 6.42 Å². The molecule has 1 aromatic rings. The van der Waals surface area contributed by atoms with Gasteiger partial charge >= 0.3 is 5.97 Å². The standard InChI is InChI=1S/C9H8BrNO4/c1-2-6-7(9(12)13)3-5(11(14)15)4-8(6)10/h3-4H,2H2,1H3,(H,12,13). The van der Waals surface area contributed by atoms with E-state index in [0.29, 0.717) is 16.5 Å². The van der Waals surface area contributed by atoms with Crippen molar-refractivity contribution in [1.29, 1.82) is 0 Å². The highest BCUT2D eigenvalue weighted by Crippen LogP contribution is 2.27. The highest BCUT2D eigenvalue weighted by Gasteiger charge is 2.18. The van der Waals surface area contributed by atoms with Gasteiger partial charge < -0.3 is 5.11 Å². The fraction of sp³-hybridized carbons (Fsp3) is 0.222. The highest BCUT2D eigenvalue weighted by molar-refractivity contribution is 9.10. The lowest BCUT2D eigenvalue weighted by atomic mass is 10.0. The molecule has 0 unspecified atom stereocenters. The van der Waals surface area contributed by atoms with Crippen LogP contribution in [0.1, 0.15) is 22.8 Å². The maximum absolute atomic E-state index is 10.9. The number of benzene rings is 1. The summed E-state index contributed by atoms with van der Waals surface area (Å²) in [5, 5.41) is 19.4. The van der Waals surface area contributed by atoms with E-state index in [0.717, 1.165) is 6.07 Å². The molecule has 1 aromatic carbocycles. The SMILES string of the molecule is CCc1c(Br)cc([N+](=O)[O-])cc1C(=O)O. The highest BCUT2D eigenvalue weighted by atomic mass is 79.9. The maximum atomic E-state index is 10.9. The Morgan fingerprint density at radius 1 is 1.60 bits per heavy atom. The van der Waals surface area contributed by atoms with Crippen molar-refractivity contribution in [2.75, 3.05) is 0 Å². The van der Waals surface area contributed by atoms with Crippen LogP contribution in [0.15, 0.2) is 16.6 Å². The number of rotatable bonds is 3. The van der Waals surface area contributed by atoms with Crippen LogP contribution >= 0.6 is 15.9 Å². The number of non-ortho nitro benzene ring substituents is 1. The first-order valence-electron chi connectivity index (χ1n) is 4.17. The van der Waals surface area contributed by atoms with Crippen molar-refractivity contribution < 1.29 is 14.8 Å². The number of halogens is 1.